The summed E-state index contributed by atoms with van der Waals surface area (Å²) >= 11 is 0. The topological polar surface area (TPSA) is 140 Å². The lowest BCUT2D eigenvalue weighted by Crippen LogP contribution is -2.64. The van der Waals surface area contributed by atoms with E-state index >= 15 is 0 Å². The van der Waals surface area contributed by atoms with Crippen LogP contribution in [0.5, 0.6) is 0 Å². The molecule has 1 fully saturated rings. The third-order valence-electron chi connectivity index (χ3n) is 7.80. The second-order valence-electron chi connectivity index (χ2n) is 10.8. The lowest BCUT2D eigenvalue weighted by molar-refractivity contribution is -0.175. The Morgan fingerprint density at radius 2 is 1.33 bits per heavy atom. The minimum Gasteiger partial charge on any atom is -0.467 e. The Morgan fingerprint density at radius 3 is 1.89 bits per heavy atom. The lowest BCUT2D eigenvalue weighted by Gasteiger charge is -2.43. The molecule has 238 valence electrons. The Hall–Kier alpha value is -5.52. The first kappa shape index (κ1) is 31.9. The van der Waals surface area contributed by atoms with E-state index in [2.05, 4.69) is 0 Å². The number of fused-ring (bicyclic) bond motifs is 1. The SMILES string of the molecule is COC(=O)[C@H]1CCCN(C(=O)OCc2ccccc2)N1C(=O)[C@H](CCC(=O)OCc1ccccc1)N1C(=O)c2ccccc2C1=O. The van der Waals surface area contributed by atoms with Crippen LogP contribution in [0, 0.1) is 0 Å². The van der Waals surface area contributed by atoms with Crippen LogP contribution in [0.1, 0.15) is 57.5 Å². The van der Waals surface area contributed by atoms with Crippen LogP contribution < -0.4 is 0 Å². The van der Waals surface area contributed by atoms with Crippen molar-refractivity contribution in [1.82, 2.24) is 14.9 Å². The van der Waals surface area contributed by atoms with E-state index in [-0.39, 0.29) is 50.1 Å². The number of esters is 2. The van der Waals surface area contributed by atoms with Gasteiger partial charge in [0.25, 0.3) is 17.7 Å². The summed E-state index contributed by atoms with van der Waals surface area (Å²) in [6.45, 7) is -0.0973. The quantitative estimate of drug-likeness (QED) is 0.186. The van der Waals surface area contributed by atoms with Crippen LogP contribution >= 0.6 is 0 Å². The van der Waals surface area contributed by atoms with Gasteiger partial charge in [0, 0.05) is 13.0 Å². The Morgan fingerprint density at radius 1 is 0.783 bits per heavy atom. The highest BCUT2D eigenvalue weighted by Crippen LogP contribution is 2.30. The zero-order chi connectivity index (χ0) is 32.6. The highest BCUT2D eigenvalue weighted by atomic mass is 16.6. The van der Waals surface area contributed by atoms with Gasteiger partial charge < -0.3 is 14.2 Å². The summed E-state index contributed by atoms with van der Waals surface area (Å²) in [7, 11) is 1.15. The van der Waals surface area contributed by atoms with Crippen molar-refractivity contribution in [2.75, 3.05) is 13.7 Å². The predicted octanol–water partition coefficient (Wildman–Crippen LogP) is 3.89. The smallest absolute Gasteiger partial charge is 0.429 e. The van der Waals surface area contributed by atoms with Crippen molar-refractivity contribution in [2.45, 2.75) is 51.0 Å². The highest BCUT2D eigenvalue weighted by molar-refractivity contribution is 6.23. The van der Waals surface area contributed by atoms with Gasteiger partial charge in [-0.3, -0.25) is 24.1 Å². The maximum absolute atomic E-state index is 14.5. The van der Waals surface area contributed by atoms with E-state index in [1.165, 1.54) is 12.1 Å². The van der Waals surface area contributed by atoms with Gasteiger partial charge in [-0.2, -0.15) is 0 Å². The van der Waals surface area contributed by atoms with E-state index in [4.69, 9.17) is 14.2 Å². The van der Waals surface area contributed by atoms with Crippen molar-refractivity contribution in [1.29, 1.82) is 0 Å². The van der Waals surface area contributed by atoms with Gasteiger partial charge in [0.2, 0.25) is 0 Å². The van der Waals surface area contributed by atoms with Crippen LogP contribution in [0.4, 0.5) is 4.79 Å². The summed E-state index contributed by atoms with van der Waals surface area (Å²) in [6.07, 6.45) is -1.09. The number of carbonyl (C=O) groups is 6. The van der Waals surface area contributed by atoms with Crippen LogP contribution in [0.2, 0.25) is 0 Å². The molecule has 1 saturated heterocycles. The van der Waals surface area contributed by atoms with Crippen LogP contribution in [0.3, 0.4) is 0 Å². The molecule has 2 aliphatic rings. The number of rotatable bonds is 10. The molecule has 0 radical (unpaired) electrons. The zero-order valence-corrected chi connectivity index (χ0v) is 25.2. The first-order chi connectivity index (χ1) is 22.3. The van der Waals surface area contributed by atoms with E-state index in [1.54, 1.807) is 60.7 Å². The van der Waals surface area contributed by atoms with E-state index in [1.807, 2.05) is 12.1 Å². The van der Waals surface area contributed by atoms with Crippen LogP contribution in [0.25, 0.3) is 0 Å². The van der Waals surface area contributed by atoms with Gasteiger partial charge in [-0.1, -0.05) is 72.8 Å². The van der Waals surface area contributed by atoms with Crippen molar-refractivity contribution in [3.05, 3.63) is 107 Å². The summed E-state index contributed by atoms with van der Waals surface area (Å²) in [6, 6.07) is 21.2. The third kappa shape index (κ3) is 6.90. The molecule has 2 heterocycles. The molecule has 46 heavy (non-hydrogen) atoms. The Kier molecular flexibility index (Phi) is 10.1. The standard InChI is InChI=1S/C34H33N3O9/c1-44-33(42)28-17-10-20-35(34(43)46-22-24-13-6-3-7-14-24)37(28)32(41)27(18-19-29(38)45-21-23-11-4-2-5-12-23)36-30(39)25-15-8-9-16-26(25)31(36)40/h2-9,11-16,27-28H,10,17-22H2,1H3/t27-,28+/m0/s1. The van der Waals surface area contributed by atoms with E-state index in [0.29, 0.717) is 12.0 Å². The molecule has 0 saturated carbocycles. The first-order valence-electron chi connectivity index (χ1n) is 14.9. The number of nitrogens with zero attached hydrogens (tertiary/aromatic N) is 3. The lowest BCUT2D eigenvalue weighted by atomic mass is 10.0. The summed E-state index contributed by atoms with van der Waals surface area (Å²) in [4.78, 5) is 81.6. The molecule has 2 atom stereocenters. The molecule has 0 spiro atoms. The van der Waals surface area contributed by atoms with Crippen molar-refractivity contribution in [2.24, 2.45) is 0 Å². The summed E-state index contributed by atoms with van der Waals surface area (Å²) in [5.74, 6) is -3.85. The monoisotopic (exact) mass is 627 g/mol. The van der Waals surface area contributed by atoms with Gasteiger partial charge in [0.05, 0.1) is 18.2 Å². The number of hydrazine groups is 1. The number of hydrogen-bond acceptors (Lipinski definition) is 9. The molecule has 2 aliphatic heterocycles. The Bertz CT molecular complexity index is 1580. The molecule has 3 aromatic carbocycles. The van der Waals surface area contributed by atoms with Gasteiger partial charge in [-0.05, 0) is 42.5 Å². The number of imide groups is 1. The molecule has 12 heteroatoms. The molecule has 0 aliphatic carbocycles. The van der Waals surface area contributed by atoms with Gasteiger partial charge >= 0.3 is 18.0 Å². The van der Waals surface area contributed by atoms with Crippen LogP contribution in [-0.2, 0) is 41.8 Å². The molecule has 0 unspecified atom stereocenters. The molecule has 0 bridgehead atoms. The molecular weight excluding hydrogens is 594 g/mol. The number of hydrogen-bond donors (Lipinski definition) is 0. The average molecular weight is 628 g/mol. The maximum Gasteiger partial charge on any atom is 0.429 e. The Balaban J connectivity index is 1.43. The molecule has 4 amide bonds. The van der Waals surface area contributed by atoms with E-state index < -0.39 is 47.8 Å². The van der Waals surface area contributed by atoms with Crippen molar-refractivity contribution < 1.29 is 43.0 Å². The minimum atomic E-state index is -1.56. The number of amides is 4. The largest absolute Gasteiger partial charge is 0.467 e. The first-order valence-corrected chi connectivity index (χ1v) is 14.9. The number of methoxy groups -OCH3 is 1. The fourth-order valence-corrected chi connectivity index (χ4v) is 5.50. The zero-order valence-electron chi connectivity index (χ0n) is 25.2. The van der Waals surface area contributed by atoms with Gasteiger partial charge in [0.15, 0.2) is 6.04 Å². The van der Waals surface area contributed by atoms with E-state index in [0.717, 1.165) is 27.6 Å². The van der Waals surface area contributed by atoms with Gasteiger partial charge in [0.1, 0.15) is 19.3 Å². The molecule has 0 N–H and O–H groups in total. The third-order valence-corrected chi connectivity index (χ3v) is 7.80. The van der Waals surface area contributed by atoms with Crippen LogP contribution in [-0.4, -0.2) is 76.4 Å². The van der Waals surface area contributed by atoms with Gasteiger partial charge in [-0.15, -0.1) is 0 Å². The van der Waals surface area contributed by atoms with Crippen molar-refractivity contribution >= 4 is 35.8 Å². The Labute approximate surface area is 265 Å². The van der Waals surface area contributed by atoms with Crippen molar-refractivity contribution in [3.8, 4) is 0 Å². The minimum absolute atomic E-state index is 0.0110. The predicted molar refractivity (Wildman–Crippen MR) is 161 cm³/mol. The molecule has 0 aromatic heterocycles. The summed E-state index contributed by atoms with van der Waals surface area (Å²) in [5, 5.41) is 1.90. The summed E-state index contributed by atoms with van der Waals surface area (Å²) in [5.41, 5.74) is 1.65. The second kappa shape index (κ2) is 14.5. The molecular formula is C34H33N3O9. The normalized spacial score (nSPS) is 16.5. The van der Waals surface area contributed by atoms with Gasteiger partial charge in [-0.25, -0.2) is 19.6 Å². The summed E-state index contributed by atoms with van der Waals surface area (Å²) < 4.78 is 15.8. The average Bonchev–Trinajstić information content (AvgIpc) is 3.35. The van der Waals surface area contributed by atoms with E-state index in [9.17, 15) is 28.8 Å². The highest BCUT2D eigenvalue weighted by Gasteiger charge is 2.49. The molecule has 12 nitrogen and oxygen atoms in total. The second-order valence-corrected chi connectivity index (χ2v) is 10.8. The fourth-order valence-electron chi connectivity index (χ4n) is 5.50. The van der Waals surface area contributed by atoms with Crippen LogP contribution in [0.15, 0.2) is 84.9 Å². The maximum atomic E-state index is 14.5. The molecule has 5 rings (SSSR count). The molecule has 3 aromatic rings. The fraction of sp³-hybridized carbons (Fsp3) is 0.294. The number of carbonyl (C=O) groups excluding carboxylic acids is 6. The van der Waals surface area contributed by atoms with Crippen molar-refractivity contribution in [3.63, 3.8) is 0 Å². The number of benzene rings is 3. The number of ether oxygens (including phenoxy) is 3.